The minimum Gasteiger partial charge on any atom is -0.478 e. The van der Waals surface area contributed by atoms with Crippen LogP contribution >= 0.6 is 0 Å². The van der Waals surface area contributed by atoms with Gasteiger partial charge in [0, 0.05) is 12.7 Å². The Hall–Kier alpha value is -2.31. The van der Waals surface area contributed by atoms with Gasteiger partial charge in [-0.15, -0.1) is 0 Å². The first-order valence-electron chi connectivity index (χ1n) is 5.97. The number of aromatic nitrogens is 1. The summed E-state index contributed by atoms with van der Waals surface area (Å²) in [6, 6.07) is 1.32. The molecule has 0 saturated carbocycles. The predicted molar refractivity (Wildman–Crippen MR) is 71.9 cm³/mol. The fourth-order valence-electron chi connectivity index (χ4n) is 1.65. The highest BCUT2D eigenvalue weighted by atomic mass is 16.4. The van der Waals surface area contributed by atoms with E-state index in [1.54, 1.807) is 4.90 Å². The van der Waals surface area contributed by atoms with Crippen LogP contribution in [-0.4, -0.2) is 35.1 Å². The van der Waals surface area contributed by atoms with E-state index in [-0.39, 0.29) is 17.8 Å². The lowest BCUT2D eigenvalue weighted by Gasteiger charge is -2.23. The summed E-state index contributed by atoms with van der Waals surface area (Å²) in [7, 11) is 0. The molecule has 0 spiro atoms. The van der Waals surface area contributed by atoms with E-state index in [1.165, 1.54) is 12.3 Å². The number of nitrogens with two attached hydrogens (primary N) is 2. The van der Waals surface area contributed by atoms with Crippen LogP contribution in [-0.2, 0) is 4.79 Å². The molecule has 7 heteroatoms. The number of hydrogen-bond donors (Lipinski definition) is 3. The number of primary amides is 1. The monoisotopic (exact) mass is 266 g/mol. The zero-order valence-corrected chi connectivity index (χ0v) is 10.8. The Labute approximate surface area is 111 Å². The van der Waals surface area contributed by atoms with Gasteiger partial charge < -0.3 is 21.5 Å². The Kier molecular flexibility index (Phi) is 5.11. The van der Waals surface area contributed by atoms with Crippen molar-refractivity contribution < 1.29 is 14.7 Å². The van der Waals surface area contributed by atoms with Crippen molar-refractivity contribution in [1.29, 1.82) is 0 Å². The molecule has 5 N–H and O–H groups in total. The number of nitrogen functional groups attached to an aromatic ring is 1. The summed E-state index contributed by atoms with van der Waals surface area (Å²) in [5.74, 6) is -1.20. The first-order valence-corrected chi connectivity index (χ1v) is 5.97. The quantitative estimate of drug-likeness (QED) is 0.658. The highest BCUT2D eigenvalue weighted by Crippen LogP contribution is 2.21. The van der Waals surface area contributed by atoms with Gasteiger partial charge in [0.15, 0.2) is 5.82 Å². The second-order valence-electron chi connectivity index (χ2n) is 4.18. The molecular weight excluding hydrogens is 248 g/mol. The number of carbonyl (C=O) groups excluding carboxylic acids is 1. The molecule has 0 saturated heterocycles. The fourth-order valence-corrected chi connectivity index (χ4v) is 1.65. The second-order valence-corrected chi connectivity index (χ2v) is 4.18. The minimum absolute atomic E-state index is 0.00359. The molecule has 104 valence electrons. The summed E-state index contributed by atoms with van der Waals surface area (Å²) in [6.45, 7) is 2.61. The third-order valence-electron chi connectivity index (χ3n) is 2.57. The van der Waals surface area contributed by atoms with Gasteiger partial charge in [-0.2, -0.15) is 0 Å². The number of unbranched alkanes of at least 4 members (excludes halogenated alkanes) is 1. The van der Waals surface area contributed by atoms with Crippen LogP contribution in [0.4, 0.5) is 11.5 Å². The van der Waals surface area contributed by atoms with Gasteiger partial charge in [0.05, 0.1) is 17.8 Å². The van der Waals surface area contributed by atoms with Crippen molar-refractivity contribution in [2.24, 2.45) is 5.73 Å². The van der Waals surface area contributed by atoms with Gasteiger partial charge in [-0.05, 0) is 12.5 Å². The molecule has 0 unspecified atom stereocenters. The van der Waals surface area contributed by atoms with Crippen molar-refractivity contribution >= 4 is 23.4 Å². The van der Waals surface area contributed by atoms with Crippen LogP contribution in [0.1, 0.15) is 30.1 Å². The molecule has 19 heavy (non-hydrogen) atoms. The molecule has 0 atom stereocenters. The number of aromatic carboxylic acids is 1. The van der Waals surface area contributed by atoms with Gasteiger partial charge in [-0.25, -0.2) is 9.78 Å². The molecule has 1 rings (SSSR count). The van der Waals surface area contributed by atoms with E-state index in [1.807, 2.05) is 6.92 Å². The average Bonchev–Trinajstić information content (AvgIpc) is 2.34. The van der Waals surface area contributed by atoms with E-state index < -0.39 is 11.9 Å². The average molecular weight is 266 g/mol. The van der Waals surface area contributed by atoms with E-state index in [0.29, 0.717) is 12.4 Å². The molecule has 0 aliphatic carbocycles. The number of nitrogens with zero attached hydrogens (tertiary/aromatic N) is 2. The van der Waals surface area contributed by atoms with Crippen molar-refractivity contribution in [3.63, 3.8) is 0 Å². The van der Waals surface area contributed by atoms with Gasteiger partial charge in [0.1, 0.15) is 0 Å². The number of carboxylic acids is 1. The van der Waals surface area contributed by atoms with Crippen molar-refractivity contribution in [2.45, 2.75) is 19.8 Å². The number of hydrogen-bond acceptors (Lipinski definition) is 5. The topological polar surface area (TPSA) is 123 Å². The smallest absolute Gasteiger partial charge is 0.337 e. The van der Waals surface area contributed by atoms with Gasteiger partial charge in [-0.3, -0.25) is 4.79 Å². The fraction of sp³-hybridized carbons (Fsp3) is 0.417. The SMILES string of the molecule is CCCCN(CC(N)=O)c1ncc(C(=O)O)cc1N. The van der Waals surface area contributed by atoms with Crippen LogP contribution in [0.15, 0.2) is 12.3 Å². The summed E-state index contributed by atoms with van der Waals surface area (Å²) in [4.78, 5) is 27.5. The summed E-state index contributed by atoms with van der Waals surface area (Å²) in [5.41, 5.74) is 11.2. The lowest BCUT2D eigenvalue weighted by molar-refractivity contribution is -0.116. The molecule has 0 bridgehead atoms. The van der Waals surface area contributed by atoms with Crippen molar-refractivity contribution in [3.8, 4) is 0 Å². The molecule has 0 radical (unpaired) electrons. The van der Waals surface area contributed by atoms with Crippen LogP contribution in [0.3, 0.4) is 0 Å². The van der Waals surface area contributed by atoms with Crippen LogP contribution in [0, 0.1) is 0 Å². The molecule has 0 aliphatic rings. The minimum atomic E-state index is -1.10. The van der Waals surface area contributed by atoms with Crippen molar-refractivity contribution in [1.82, 2.24) is 4.98 Å². The van der Waals surface area contributed by atoms with E-state index >= 15 is 0 Å². The number of anilines is 2. The zero-order chi connectivity index (χ0) is 14.4. The van der Waals surface area contributed by atoms with E-state index in [9.17, 15) is 9.59 Å². The van der Waals surface area contributed by atoms with Gasteiger partial charge in [0.2, 0.25) is 5.91 Å². The Morgan fingerprint density at radius 3 is 2.63 bits per heavy atom. The molecular formula is C12H18N4O3. The first kappa shape index (κ1) is 14.7. The molecule has 7 nitrogen and oxygen atoms in total. The van der Waals surface area contributed by atoms with Crippen molar-refractivity contribution in [2.75, 3.05) is 23.7 Å². The van der Waals surface area contributed by atoms with Gasteiger partial charge >= 0.3 is 5.97 Å². The standard InChI is InChI=1S/C12H18N4O3/c1-2-3-4-16(7-10(14)17)11-9(13)5-8(6-15-11)12(18)19/h5-6H,2-4,7,13H2,1H3,(H2,14,17)(H,18,19). The number of rotatable bonds is 7. The highest BCUT2D eigenvalue weighted by molar-refractivity contribution is 5.89. The Morgan fingerprint density at radius 2 is 2.16 bits per heavy atom. The molecule has 1 aromatic rings. The third-order valence-corrected chi connectivity index (χ3v) is 2.57. The summed E-state index contributed by atoms with van der Waals surface area (Å²) < 4.78 is 0. The Balaban J connectivity index is 3.00. The zero-order valence-electron chi connectivity index (χ0n) is 10.8. The number of carboxylic acid groups (broad SMARTS) is 1. The molecule has 0 aliphatic heterocycles. The number of pyridine rings is 1. The van der Waals surface area contributed by atoms with Crippen molar-refractivity contribution in [3.05, 3.63) is 17.8 Å². The van der Waals surface area contributed by atoms with Crippen LogP contribution in [0.25, 0.3) is 0 Å². The first-order chi connectivity index (χ1) is 8.95. The largest absolute Gasteiger partial charge is 0.478 e. The summed E-state index contributed by atoms with van der Waals surface area (Å²) in [5, 5.41) is 8.84. The Morgan fingerprint density at radius 1 is 1.47 bits per heavy atom. The molecule has 1 heterocycles. The normalized spacial score (nSPS) is 10.2. The van der Waals surface area contributed by atoms with Crippen LogP contribution in [0.5, 0.6) is 0 Å². The maximum Gasteiger partial charge on any atom is 0.337 e. The lowest BCUT2D eigenvalue weighted by Crippen LogP contribution is -2.35. The van der Waals surface area contributed by atoms with E-state index in [0.717, 1.165) is 12.8 Å². The Bertz CT molecular complexity index is 476. The predicted octanol–water partition coefficient (Wildman–Crippen LogP) is 0.454. The maximum absolute atomic E-state index is 11.1. The number of carbonyl (C=O) groups is 2. The molecule has 0 fully saturated rings. The summed E-state index contributed by atoms with van der Waals surface area (Å²) in [6.07, 6.45) is 3.02. The van der Waals surface area contributed by atoms with Gasteiger partial charge in [-0.1, -0.05) is 13.3 Å². The van der Waals surface area contributed by atoms with E-state index in [2.05, 4.69) is 4.98 Å². The molecule has 1 amide bonds. The van der Waals surface area contributed by atoms with E-state index in [4.69, 9.17) is 16.6 Å². The summed E-state index contributed by atoms with van der Waals surface area (Å²) >= 11 is 0. The molecule has 1 aromatic heterocycles. The third kappa shape index (κ3) is 4.13. The maximum atomic E-state index is 11.1. The van der Waals surface area contributed by atoms with Crippen LogP contribution in [0.2, 0.25) is 0 Å². The lowest BCUT2D eigenvalue weighted by atomic mass is 10.2. The molecule has 0 aromatic carbocycles. The van der Waals surface area contributed by atoms with Crippen LogP contribution < -0.4 is 16.4 Å². The van der Waals surface area contributed by atoms with Gasteiger partial charge in [0.25, 0.3) is 0 Å². The second kappa shape index (κ2) is 6.58. The highest BCUT2D eigenvalue weighted by Gasteiger charge is 2.15. The number of amides is 1.